The van der Waals surface area contributed by atoms with Crippen LogP contribution in [0.25, 0.3) is 0 Å². The number of carbonyl (C=O) groups excluding carboxylic acids is 2. The van der Waals surface area contributed by atoms with Gasteiger partial charge in [-0.25, -0.2) is 0 Å². The average Bonchev–Trinajstić information content (AvgIpc) is 2.42. The Kier molecular flexibility index (Phi) is 7.20. The van der Waals surface area contributed by atoms with Crippen LogP contribution >= 0.6 is 0 Å². The van der Waals surface area contributed by atoms with Gasteiger partial charge in [0.2, 0.25) is 5.91 Å². The normalized spacial score (nSPS) is 17.7. The van der Waals surface area contributed by atoms with E-state index in [0.717, 1.165) is 39.0 Å². The Morgan fingerprint density at radius 3 is 2.25 bits per heavy atom. The molecule has 0 aromatic carbocycles. The number of rotatable bonds is 7. The lowest BCUT2D eigenvalue weighted by Gasteiger charge is -2.31. The van der Waals surface area contributed by atoms with E-state index in [0.29, 0.717) is 18.1 Å². The molecule has 0 saturated carbocycles. The summed E-state index contributed by atoms with van der Waals surface area (Å²) in [5, 5.41) is 3.02. The quantitative estimate of drug-likeness (QED) is 0.778. The second kappa shape index (κ2) is 8.40. The van der Waals surface area contributed by atoms with E-state index in [2.05, 4.69) is 24.1 Å². The van der Waals surface area contributed by atoms with Gasteiger partial charge in [-0.05, 0) is 31.8 Å². The summed E-state index contributed by atoms with van der Waals surface area (Å²) in [7, 11) is 0. The molecule has 0 spiro atoms. The Bertz CT molecular complexity index is 318. The van der Waals surface area contributed by atoms with Crippen molar-refractivity contribution in [2.24, 2.45) is 17.8 Å². The highest BCUT2D eigenvalue weighted by molar-refractivity contribution is 5.80. The minimum atomic E-state index is 0.134. The molecule has 0 aromatic heterocycles. The minimum Gasteiger partial charge on any atom is -0.356 e. The van der Waals surface area contributed by atoms with Gasteiger partial charge in [-0.15, -0.1) is 0 Å². The van der Waals surface area contributed by atoms with Crippen LogP contribution < -0.4 is 5.32 Å². The van der Waals surface area contributed by atoms with Gasteiger partial charge >= 0.3 is 0 Å². The minimum absolute atomic E-state index is 0.134. The highest BCUT2D eigenvalue weighted by Crippen LogP contribution is 2.18. The van der Waals surface area contributed by atoms with Crippen LogP contribution in [0.4, 0.5) is 0 Å². The SMILES string of the molecule is CC(C)CNC(=O)C1CCN(CCC(=O)C(C)C)CC1. The number of Topliss-reactive ketones (excluding diaryl/α,β-unsaturated/α-hetero) is 1. The Labute approximate surface area is 123 Å². The second-order valence-corrected chi connectivity index (χ2v) is 6.63. The lowest BCUT2D eigenvalue weighted by molar-refractivity contribution is -0.127. The predicted octanol–water partition coefficient (Wildman–Crippen LogP) is 2.09. The summed E-state index contributed by atoms with van der Waals surface area (Å²) in [5.41, 5.74) is 0. The Morgan fingerprint density at radius 2 is 1.75 bits per heavy atom. The molecule has 1 fully saturated rings. The number of hydrogen-bond donors (Lipinski definition) is 1. The van der Waals surface area contributed by atoms with Gasteiger partial charge in [0.15, 0.2) is 0 Å². The standard InChI is InChI=1S/C16H30N2O2/c1-12(2)11-17-16(20)14-5-8-18(9-6-14)10-7-15(19)13(3)4/h12-14H,5-11H2,1-4H3,(H,17,20). The monoisotopic (exact) mass is 282 g/mol. The van der Waals surface area contributed by atoms with Crippen molar-refractivity contribution in [2.45, 2.75) is 47.0 Å². The van der Waals surface area contributed by atoms with Gasteiger partial charge in [0.25, 0.3) is 0 Å². The van der Waals surface area contributed by atoms with E-state index >= 15 is 0 Å². The first-order valence-corrected chi connectivity index (χ1v) is 7.93. The summed E-state index contributed by atoms with van der Waals surface area (Å²) in [6.07, 6.45) is 2.47. The molecule has 0 radical (unpaired) electrons. The van der Waals surface area contributed by atoms with Crippen LogP contribution in [0.15, 0.2) is 0 Å². The Hall–Kier alpha value is -0.900. The van der Waals surface area contributed by atoms with Crippen molar-refractivity contribution < 1.29 is 9.59 Å². The Balaban J connectivity index is 2.22. The zero-order valence-corrected chi connectivity index (χ0v) is 13.4. The fraction of sp³-hybridized carbons (Fsp3) is 0.875. The second-order valence-electron chi connectivity index (χ2n) is 6.63. The molecule has 1 rings (SSSR count). The number of nitrogens with one attached hydrogen (secondary N) is 1. The molecule has 0 bridgehead atoms. The average molecular weight is 282 g/mol. The first-order valence-electron chi connectivity index (χ1n) is 7.93. The maximum Gasteiger partial charge on any atom is 0.223 e. The molecule has 0 aliphatic carbocycles. The zero-order chi connectivity index (χ0) is 15.1. The molecule has 0 aromatic rings. The topological polar surface area (TPSA) is 49.4 Å². The van der Waals surface area contributed by atoms with Crippen molar-refractivity contribution in [2.75, 3.05) is 26.2 Å². The molecule has 4 nitrogen and oxygen atoms in total. The van der Waals surface area contributed by atoms with Crippen LogP contribution in [0.1, 0.15) is 47.0 Å². The number of nitrogens with zero attached hydrogens (tertiary/aromatic N) is 1. The van der Waals surface area contributed by atoms with Gasteiger partial charge < -0.3 is 10.2 Å². The van der Waals surface area contributed by atoms with Gasteiger partial charge in [-0.3, -0.25) is 9.59 Å². The van der Waals surface area contributed by atoms with E-state index in [9.17, 15) is 9.59 Å². The van der Waals surface area contributed by atoms with E-state index in [-0.39, 0.29) is 17.7 Å². The smallest absolute Gasteiger partial charge is 0.223 e. The number of hydrogen-bond acceptors (Lipinski definition) is 3. The summed E-state index contributed by atoms with van der Waals surface area (Å²) in [6.45, 7) is 11.6. The maximum absolute atomic E-state index is 12.0. The molecule has 1 aliphatic rings. The molecule has 1 N–H and O–H groups in total. The highest BCUT2D eigenvalue weighted by atomic mass is 16.2. The van der Waals surface area contributed by atoms with Crippen LogP contribution in [0, 0.1) is 17.8 Å². The van der Waals surface area contributed by atoms with E-state index in [1.54, 1.807) is 0 Å². The third-order valence-electron chi connectivity index (χ3n) is 3.96. The molecule has 116 valence electrons. The first-order chi connectivity index (χ1) is 9.40. The number of piperidine rings is 1. The van der Waals surface area contributed by atoms with E-state index in [1.165, 1.54) is 0 Å². The third-order valence-corrected chi connectivity index (χ3v) is 3.96. The van der Waals surface area contributed by atoms with Gasteiger partial charge in [0.1, 0.15) is 5.78 Å². The zero-order valence-electron chi connectivity index (χ0n) is 13.4. The summed E-state index contributed by atoms with van der Waals surface area (Å²) in [5.74, 6) is 1.33. The van der Waals surface area contributed by atoms with Crippen molar-refractivity contribution in [1.82, 2.24) is 10.2 Å². The molecule has 1 saturated heterocycles. The fourth-order valence-electron chi connectivity index (χ4n) is 2.42. The van der Waals surface area contributed by atoms with Gasteiger partial charge in [0, 0.05) is 31.3 Å². The van der Waals surface area contributed by atoms with Crippen molar-refractivity contribution in [3.05, 3.63) is 0 Å². The van der Waals surface area contributed by atoms with Gasteiger partial charge in [-0.2, -0.15) is 0 Å². The largest absolute Gasteiger partial charge is 0.356 e. The van der Waals surface area contributed by atoms with Gasteiger partial charge in [0.05, 0.1) is 0 Å². The summed E-state index contributed by atoms with van der Waals surface area (Å²) in [6, 6.07) is 0. The molecule has 1 aliphatic heterocycles. The maximum atomic E-state index is 12.0. The molecular formula is C16H30N2O2. The van der Waals surface area contributed by atoms with Crippen LogP contribution in [-0.2, 0) is 9.59 Å². The van der Waals surface area contributed by atoms with Crippen LogP contribution in [0.5, 0.6) is 0 Å². The lowest BCUT2D eigenvalue weighted by atomic mass is 9.95. The van der Waals surface area contributed by atoms with Crippen LogP contribution in [0.3, 0.4) is 0 Å². The molecule has 1 heterocycles. The highest BCUT2D eigenvalue weighted by Gasteiger charge is 2.25. The number of carbonyl (C=O) groups is 2. The first kappa shape index (κ1) is 17.2. The summed E-state index contributed by atoms with van der Waals surface area (Å²) >= 11 is 0. The summed E-state index contributed by atoms with van der Waals surface area (Å²) in [4.78, 5) is 25.9. The third kappa shape index (κ3) is 6.04. The molecule has 4 heteroatoms. The fourth-order valence-corrected chi connectivity index (χ4v) is 2.42. The molecule has 0 atom stereocenters. The molecular weight excluding hydrogens is 252 g/mol. The van der Waals surface area contributed by atoms with Crippen LogP contribution in [-0.4, -0.2) is 42.8 Å². The van der Waals surface area contributed by atoms with Crippen molar-refractivity contribution in [1.29, 1.82) is 0 Å². The molecule has 20 heavy (non-hydrogen) atoms. The van der Waals surface area contributed by atoms with Crippen molar-refractivity contribution >= 4 is 11.7 Å². The van der Waals surface area contributed by atoms with E-state index in [4.69, 9.17) is 0 Å². The van der Waals surface area contributed by atoms with E-state index < -0.39 is 0 Å². The van der Waals surface area contributed by atoms with Crippen molar-refractivity contribution in [3.63, 3.8) is 0 Å². The number of amides is 1. The van der Waals surface area contributed by atoms with E-state index in [1.807, 2.05) is 13.8 Å². The van der Waals surface area contributed by atoms with Crippen LogP contribution in [0.2, 0.25) is 0 Å². The number of likely N-dealkylation sites (tertiary alicyclic amines) is 1. The summed E-state index contributed by atoms with van der Waals surface area (Å²) < 4.78 is 0. The molecule has 0 unspecified atom stereocenters. The Morgan fingerprint density at radius 1 is 1.15 bits per heavy atom. The molecule has 1 amide bonds. The lowest BCUT2D eigenvalue weighted by Crippen LogP contribution is -2.42. The van der Waals surface area contributed by atoms with Crippen molar-refractivity contribution in [3.8, 4) is 0 Å². The van der Waals surface area contributed by atoms with Gasteiger partial charge in [-0.1, -0.05) is 27.7 Å². The predicted molar refractivity (Wildman–Crippen MR) is 81.5 cm³/mol. The number of ketones is 1.